The molecule has 0 fully saturated rings. The summed E-state index contributed by atoms with van der Waals surface area (Å²) in [6.45, 7) is 0. The lowest BCUT2D eigenvalue weighted by molar-refractivity contribution is -0.115. The van der Waals surface area contributed by atoms with Crippen LogP contribution < -0.4 is 5.32 Å². The van der Waals surface area contributed by atoms with Gasteiger partial charge in [0, 0.05) is 18.1 Å². The first-order chi connectivity index (χ1) is 11.3. The first kappa shape index (κ1) is 15.0. The maximum Gasteiger partial charge on any atom is 0.228 e. The molecule has 1 amide bonds. The number of aromatic nitrogens is 1. The molecule has 23 heavy (non-hydrogen) atoms. The zero-order chi connectivity index (χ0) is 15.9. The molecule has 114 valence electrons. The Morgan fingerprint density at radius 2 is 1.39 bits per heavy atom. The molecule has 0 atom stereocenters. The van der Waals surface area contributed by atoms with Crippen LogP contribution in [-0.4, -0.2) is 10.9 Å². The Morgan fingerprint density at radius 1 is 0.783 bits per heavy atom. The van der Waals surface area contributed by atoms with Gasteiger partial charge in [-0.05, 0) is 47.4 Å². The number of hydrogen-bond acceptors (Lipinski definition) is 2. The molecule has 3 heteroatoms. The van der Waals surface area contributed by atoms with Crippen molar-refractivity contribution in [3.8, 4) is 0 Å². The van der Waals surface area contributed by atoms with Gasteiger partial charge in [0.25, 0.3) is 0 Å². The second-order valence-corrected chi connectivity index (χ2v) is 5.44. The van der Waals surface area contributed by atoms with Crippen molar-refractivity contribution in [1.29, 1.82) is 0 Å². The second-order valence-electron chi connectivity index (χ2n) is 5.44. The zero-order valence-corrected chi connectivity index (χ0v) is 12.8. The summed E-state index contributed by atoms with van der Waals surface area (Å²) in [5.74, 6) is -0.00177. The Kier molecular flexibility index (Phi) is 4.79. The van der Waals surface area contributed by atoms with Crippen LogP contribution in [0.3, 0.4) is 0 Å². The minimum Gasteiger partial charge on any atom is -0.326 e. The zero-order valence-electron chi connectivity index (χ0n) is 12.8. The third kappa shape index (κ3) is 4.51. The summed E-state index contributed by atoms with van der Waals surface area (Å²) in [7, 11) is 0. The number of anilines is 1. The number of benzene rings is 2. The Balaban J connectivity index is 1.58. The standard InChI is InChI=1S/C20H18N2O/c23-20(22-19-4-2-1-3-5-19)15-17-8-6-16(7-9-17)14-18-10-12-21-13-11-18/h1-13H,14-15H2,(H,22,23). The number of amides is 1. The Labute approximate surface area is 136 Å². The van der Waals surface area contributed by atoms with Crippen molar-refractivity contribution < 1.29 is 4.79 Å². The van der Waals surface area contributed by atoms with Crippen molar-refractivity contribution in [3.63, 3.8) is 0 Å². The number of nitrogens with zero attached hydrogens (tertiary/aromatic N) is 1. The normalized spacial score (nSPS) is 10.3. The van der Waals surface area contributed by atoms with Crippen molar-refractivity contribution >= 4 is 11.6 Å². The van der Waals surface area contributed by atoms with E-state index in [-0.39, 0.29) is 5.91 Å². The van der Waals surface area contributed by atoms with Gasteiger partial charge in [-0.3, -0.25) is 9.78 Å². The second kappa shape index (κ2) is 7.36. The van der Waals surface area contributed by atoms with Crippen LogP contribution in [0, 0.1) is 0 Å². The van der Waals surface area contributed by atoms with Gasteiger partial charge in [0.05, 0.1) is 6.42 Å². The highest BCUT2D eigenvalue weighted by atomic mass is 16.1. The van der Waals surface area contributed by atoms with Crippen molar-refractivity contribution in [2.24, 2.45) is 0 Å². The fraction of sp³-hybridized carbons (Fsp3) is 0.100. The van der Waals surface area contributed by atoms with Gasteiger partial charge >= 0.3 is 0 Å². The molecule has 1 aromatic heterocycles. The van der Waals surface area contributed by atoms with E-state index in [0.29, 0.717) is 6.42 Å². The first-order valence-electron chi connectivity index (χ1n) is 7.61. The largest absolute Gasteiger partial charge is 0.326 e. The Bertz CT molecular complexity index is 753. The van der Waals surface area contributed by atoms with E-state index in [0.717, 1.165) is 17.7 Å². The summed E-state index contributed by atoms with van der Waals surface area (Å²) in [6, 6.07) is 21.7. The smallest absolute Gasteiger partial charge is 0.228 e. The lowest BCUT2D eigenvalue weighted by Crippen LogP contribution is -2.14. The highest BCUT2D eigenvalue weighted by Crippen LogP contribution is 2.12. The van der Waals surface area contributed by atoms with Gasteiger partial charge in [0.15, 0.2) is 0 Å². The average Bonchev–Trinajstić information content (AvgIpc) is 2.58. The van der Waals surface area contributed by atoms with Crippen LogP contribution in [0.15, 0.2) is 79.1 Å². The molecule has 2 aromatic carbocycles. The summed E-state index contributed by atoms with van der Waals surface area (Å²) >= 11 is 0. The predicted molar refractivity (Wildman–Crippen MR) is 92.3 cm³/mol. The van der Waals surface area contributed by atoms with Gasteiger partial charge in [-0.1, -0.05) is 42.5 Å². The fourth-order valence-electron chi connectivity index (χ4n) is 2.42. The highest BCUT2D eigenvalue weighted by molar-refractivity contribution is 5.92. The van der Waals surface area contributed by atoms with Crippen LogP contribution in [0.1, 0.15) is 16.7 Å². The molecule has 3 nitrogen and oxygen atoms in total. The number of nitrogens with one attached hydrogen (secondary N) is 1. The van der Waals surface area contributed by atoms with E-state index < -0.39 is 0 Å². The van der Waals surface area contributed by atoms with Gasteiger partial charge in [0.1, 0.15) is 0 Å². The fourth-order valence-corrected chi connectivity index (χ4v) is 2.42. The van der Waals surface area contributed by atoms with Crippen molar-refractivity contribution in [2.45, 2.75) is 12.8 Å². The molecule has 0 radical (unpaired) electrons. The summed E-state index contributed by atoms with van der Waals surface area (Å²) in [5, 5.41) is 2.90. The van der Waals surface area contributed by atoms with Crippen molar-refractivity contribution in [3.05, 3.63) is 95.8 Å². The van der Waals surface area contributed by atoms with E-state index in [2.05, 4.69) is 22.4 Å². The predicted octanol–water partition coefficient (Wildman–Crippen LogP) is 3.85. The van der Waals surface area contributed by atoms with E-state index in [4.69, 9.17) is 0 Å². The van der Waals surface area contributed by atoms with Crippen LogP contribution in [0.4, 0.5) is 5.69 Å². The molecule has 0 saturated heterocycles. The Morgan fingerprint density at radius 3 is 2.09 bits per heavy atom. The van der Waals surface area contributed by atoms with Crippen molar-refractivity contribution in [1.82, 2.24) is 4.98 Å². The molecule has 0 saturated carbocycles. The molecule has 0 aliphatic heterocycles. The van der Waals surface area contributed by atoms with E-state index in [1.165, 1.54) is 11.1 Å². The third-order valence-electron chi connectivity index (χ3n) is 3.60. The number of pyridine rings is 1. The molecular formula is C20H18N2O. The number of hydrogen-bond donors (Lipinski definition) is 1. The third-order valence-corrected chi connectivity index (χ3v) is 3.60. The van der Waals surface area contributed by atoms with Crippen LogP contribution in [0.2, 0.25) is 0 Å². The molecule has 0 aliphatic carbocycles. The number of carbonyl (C=O) groups is 1. The summed E-state index contributed by atoms with van der Waals surface area (Å²) < 4.78 is 0. The number of carbonyl (C=O) groups excluding carboxylic acids is 1. The van der Waals surface area contributed by atoms with Gasteiger partial charge in [-0.25, -0.2) is 0 Å². The van der Waals surface area contributed by atoms with Crippen LogP contribution in [-0.2, 0) is 17.6 Å². The number of para-hydroxylation sites is 1. The maximum absolute atomic E-state index is 12.0. The van der Waals surface area contributed by atoms with Gasteiger partial charge in [-0.15, -0.1) is 0 Å². The molecular weight excluding hydrogens is 284 g/mol. The Hall–Kier alpha value is -2.94. The first-order valence-corrected chi connectivity index (χ1v) is 7.61. The average molecular weight is 302 g/mol. The summed E-state index contributed by atoms with van der Waals surface area (Å²) in [4.78, 5) is 16.1. The molecule has 0 spiro atoms. The molecule has 0 aliphatic rings. The quantitative estimate of drug-likeness (QED) is 0.777. The van der Waals surface area contributed by atoms with Gasteiger partial charge in [0.2, 0.25) is 5.91 Å². The van der Waals surface area contributed by atoms with Crippen LogP contribution in [0.25, 0.3) is 0 Å². The molecule has 3 rings (SSSR count). The van der Waals surface area contributed by atoms with E-state index >= 15 is 0 Å². The summed E-state index contributed by atoms with van der Waals surface area (Å²) in [5.41, 5.74) is 4.29. The molecule has 0 unspecified atom stereocenters. The molecule has 1 heterocycles. The minimum absolute atomic E-state index is 0.00177. The van der Waals surface area contributed by atoms with E-state index in [9.17, 15) is 4.79 Å². The molecule has 0 bridgehead atoms. The lowest BCUT2D eigenvalue weighted by Gasteiger charge is -2.06. The van der Waals surface area contributed by atoms with Crippen molar-refractivity contribution in [2.75, 3.05) is 5.32 Å². The summed E-state index contributed by atoms with van der Waals surface area (Å²) in [6.07, 6.45) is 4.86. The maximum atomic E-state index is 12.0. The topological polar surface area (TPSA) is 42.0 Å². The van der Waals surface area contributed by atoms with E-state index in [1.54, 1.807) is 12.4 Å². The van der Waals surface area contributed by atoms with E-state index in [1.807, 2.05) is 54.6 Å². The van der Waals surface area contributed by atoms with Gasteiger partial charge in [-0.2, -0.15) is 0 Å². The SMILES string of the molecule is O=C(Cc1ccc(Cc2ccncc2)cc1)Nc1ccccc1. The highest BCUT2D eigenvalue weighted by Gasteiger charge is 2.04. The van der Waals surface area contributed by atoms with Gasteiger partial charge < -0.3 is 5.32 Å². The molecule has 3 aromatic rings. The number of rotatable bonds is 5. The lowest BCUT2D eigenvalue weighted by atomic mass is 10.0. The van der Waals surface area contributed by atoms with Crippen LogP contribution in [0.5, 0.6) is 0 Å². The van der Waals surface area contributed by atoms with Crippen LogP contribution >= 0.6 is 0 Å². The molecule has 1 N–H and O–H groups in total. The minimum atomic E-state index is -0.00177. The monoisotopic (exact) mass is 302 g/mol.